The van der Waals surface area contributed by atoms with Crippen LogP contribution in [-0.4, -0.2) is 56.2 Å². The molecule has 0 radical (unpaired) electrons. The number of carboxylic acids is 1. The van der Waals surface area contributed by atoms with E-state index < -0.39 is 16.0 Å². The molecule has 0 aliphatic heterocycles. The van der Waals surface area contributed by atoms with E-state index in [0.717, 1.165) is 0 Å². The fourth-order valence-corrected chi connectivity index (χ4v) is 2.28. The predicted octanol–water partition coefficient (Wildman–Crippen LogP) is 0.279. The number of aliphatic carboxylic acids is 1. The van der Waals surface area contributed by atoms with Crippen LogP contribution >= 0.6 is 0 Å². The molecule has 0 bridgehead atoms. The van der Waals surface area contributed by atoms with Gasteiger partial charge in [-0.1, -0.05) is 13.0 Å². The molecule has 0 amide bonds. The van der Waals surface area contributed by atoms with Gasteiger partial charge in [0.2, 0.25) is 10.0 Å². The van der Waals surface area contributed by atoms with Crippen LogP contribution in [-0.2, 0) is 14.8 Å². The quantitative estimate of drug-likeness (QED) is 0.467. The first-order valence-corrected chi connectivity index (χ1v) is 7.69. The monoisotopic (exact) mass is 278 g/mol. The molecule has 0 aromatic rings. The molecule has 0 saturated carbocycles. The summed E-state index contributed by atoms with van der Waals surface area (Å²) in [6, 6.07) is 0. The molecule has 0 saturated heterocycles. The third-order valence-corrected chi connectivity index (χ3v) is 3.85. The van der Waals surface area contributed by atoms with Gasteiger partial charge in [-0.15, -0.1) is 0 Å². The lowest BCUT2D eigenvalue weighted by Crippen LogP contribution is -2.32. The summed E-state index contributed by atoms with van der Waals surface area (Å²) in [7, 11) is -3.12. The lowest BCUT2D eigenvalue weighted by atomic mass is 10.3. The van der Waals surface area contributed by atoms with E-state index in [1.54, 1.807) is 13.0 Å². The van der Waals surface area contributed by atoms with Crippen molar-refractivity contribution in [3.63, 3.8) is 0 Å². The van der Waals surface area contributed by atoms with E-state index in [9.17, 15) is 13.2 Å². The highest BCUT2D eigenvalue weighted by atomic mass is 32.2. The number of nitrogens with zero attached hydrogens (tertiary/aromatic N) is 1. The summed E-state index contributed by atoms with van der Waals surface area (Å²) in [6.45, 7) is 5.40. The van der Waals surface area contributed by atoms with Gasteiger partial charge in [-0.2, -0.15) is 0 Å². The van der Waals surface area contributed by atoms with Crippen molar-refractivity contribution >= 4 is 16.0 Å². The second-order valence-corrected chi connectivity index (χ2v) is 5.99. The number of hydrogen-bond donors (Lipinski definition) is 2. The Morgan fingerprint density at radius 3 is 2.50 bits per heavy atom. The average Bonchev–Trinajstić information content (AvgIpc) is 2.25. The number of hydrogen-bond acceptors (Lipinski definition) is 4. The van der Waals surface area contributed by atoms with E-state index in [4.69, 9.17) is 5.11 Å². The molecule has 106 valence electrons. The van der Waals surface area contributed by atoms with Crippen LogP contribution in [0.4, 0.5) is 0 Å². The Labute approximate surface area is 109 Å². The van der Waals surface area contributed by atoms with Gasteiger partial charge in [-0.3, -0.25) is 0 Å². The maximum absolute atomic E-state index is 11.3. The highest BCUT2D eigenvalue weighted by Crippen LogP contribution is 1.98. The zero-order valence-electron chi connectivity index (χ0n) is 11.1. The maximum atomic E-state index is 11.3. The zero-order valence-corrected chi connectivity index (χ0v) is 12.0. The second kappa shape index (κ2) is 8.23. The molecule has 0 aromatic carbocycles. The van der Waals surface area contributed by atoms with E-state index in [1.165, 1.54) is 17.5 Å². The van der Waals surface area contributed by atoms with E-state index >= 15 is 0 Å². The molecule has 0 heterocycles. The summed E-state index contributed by atoms with van der Waals surface area (Å²) >= 11 is 0. The van der Waals surface area contributed by atoms with Crippen LogP contribution in [0.3, 0.4) is 0 Å². The molecular weight excluding hydrogens is 256 g/mol. The first-order chi connectivity index (χ1) is 8.29. The number of rotatable bonds is 9. The molecule has 18 heavy (non-hydrogen) atoms. The van der Waals surface area contributed by atoms with Gasteiger partial charge in [-0.25, -0.2) is 17.5 Å². The van der Waals surface area contributed by atoms with Gasteiger partial charge < -0.3 is 10.4 Å². The first-order valence-electron chi connectivity index (χ1n) is 5.85. The molecular formula is C11H22N2O4S. The fraction of sp³-hybridized carbons (Fsp3) is 0.727. The Bertz CT molecular complexity index is 390. The van der Waals surface area contributed by atoms with Crippen LogP contribution in [0.15, 0.2) is 11.6 Å². The standard InChI is InChI=1S/C11H22N2O4S/c1-4-13(18(3,16)17)9-5-7-12-8-6-10(2)11(14)15/h6,12H,4-5,7-9H2,1-3H3,(H,14,15)/b10-6-. The van der Waals surface area contributed by atoms with E-state index in [1.807, 2.05) is 0 Å². The summed E-state index contributed by atoms with van der Waals surface area (Å²) in [5.74, 6) is -0.925. The van der Waals surface area contributed by atoms with Crippen molar-refractivity contribution in [2.45, 2.75) is 20.3 Å². The molecule has 0 aliphatic carbocycles. The second-order valence-electron chi connectivity index (χ2n) is 4.00. The molecule has 2 N–H and O–H groups in total. The van der Waals surface area contributed by atoms with Crippen LogP contribution in [0.25, 0.3) is 0 Å². The Morgan fingerprint density at radius 2 is 2.06 bits per heavy atom. The Kier molecular flexibility index (Phi) is 7.81. The number of nitrogens with one attached hydrogen (secondary N) is 1. The number of sulfonamides is 1. The molecule has 0 unspecified atom stereocenters. The molecule has 0 atom stereocenters. The van der Waals surface area contributed by atoms with Gasteiger partial charge in [0, 0.05) is 25.2 Å². The topological polar surface area (TPSA) is 86.7 Å². The third-order valence-electron chi connectivity index (χ3n) is 2.47. The molecule has 6 nitrogen and oxygen atoms in total. The first kappa shape index (κ1) is 17.1. The fourth-order valence-electron chi connectivity index (χ4n) is 1.35. The van der Waals surface area contributed by atoms with Crippen molar-refractivity contribution in [3.05, 3.63) is 11.6 Å². The third kappa shape index (κ3) is 7.41. The van der Waals surface area contributed by atoms with Crippen molar-refractivity contribution in [2.75, 3.05) is 32.4 Å². The maximum Gasteiger partial charge on any atom is 0.330 e. The van der Waals surface area contributed by atoms with E-state index in [-0.39, 0.29) is 0 Å². The van der Waals surface area contributed by atoms with Crippen LogP contribution in [0.2, 0.25) is 0 Å². The van der Waals surface area contributed by atoms with E-state index in [2.05, 4.69) is 5.32 Å². The Morgan fingerprint density at radius 1 is 1.44 bits per heavy atom. The SMILES string of the molecule is CCN(CCCNC/C=C(/C)C(=O)O)S(C)(=O)=O. The Hall–Kier alpha value is -0.920. The Balaban J connectivity index is 3.81. The van der Waals surface area contributed by atoms with E-state index in [0.29, 0.717) is 38.2 Å². The number of carbonyl (C=O) groups is 1. The number of carboxylic acid groups (broad SMARTS) is 1. The van der Waals surface area contributed by atoms with Gasteiger partial charge in [0.15, 0.2) is 0 Å². The summed E-state index contributed by atoms with van der Waals surface area (Å²) < 4.78 is 24.0. The van der Waals surface area contributed by atoms with Crippen molar-refractivity contribution < 1.29 is 18.3 Å². The van der Waals surface area contributed by atoms with Gasteiger partial charge in [0.25, 0.3) is 0 Å². The van der Waals surface area contributed by atoms with Gasteiger partial charge in [-0.05, 0) is 19.9 Å². The smallest absolute Gasteiger partial charge is 0.330 e. The molecule has 0 spiro atoms. The molecule has 0 fully saturated rings. The van der Waals surface area contributed by atoms with Gasteiger partial charge in [0.05, 0.1) is 6.26 Å². The van der Waals surface area contributed by atoms with Crippen LogP contribution in [0.1, 0.15) is 20.3 Å². The normalized spacial score (nSPS) is 13.0. The highest BCUT2D eigenvalue weighted by Gasteiger charge is 2.12. The molecule has 0 aromatic heterocycles. The minimum atomic E-state index is -3.12. The van der Waals surface area contributed by atoms with Crippen LogP contribution < -0.4 is 5.32 Å². The summed E-state index contributed by atoms with van der Waals surface area (Å²) in [5, 5.41) is 11.7. The zero-order chi connectivity index (χ0) is 14.2. The largest absolute Gasteiger partial charge is 0.478 e. The lowest BCUT2D eigenvalue weighted by Gasteiger charge is -2.17. The molecule has 7 heteroatoms. The minimum absolute atomic E-state index is 0.300. The van der Waals surface area contributed by atoms with Crippen molar-refractivity contribution in [3.8, 4) is 0 Å². The lowest BCUT2D eigenvalue weighted by molar-refractivity contribution is -0.132. The summed E-state index contributed by atoms with van der Waals surface area (Å²) in [5.41, 5.74) is 0.300. The van der Waals surface area contributed by atoms with Gasteiger partial charge >= 0.3 is 5.97 Å². The van der Waals surface area contributed by atoms with Gasteiger partial charge in [0.1, 0.15) is 0 Å². The molecule has 0 rings (SSSR count). The summed E-state index contributed by atoms with van der Waals surface area (Å²) in [6.07, 6.45) is 3.49. The minimum Gasteiger partial charge on any atom is -0.478 e. The predicted molar refractivity (Wildman–Crippen MR) is 71.0 cm³/mol. The van der Waals surface area contributed by atoms with Crippen molar-refractivity contribution in [2.24, 2.45) is 0 Å². The van der Waals surface area contributed by atoms with Crippen LogP contribution in [0, 0.1) is 0 Å². The average molecular weight is 278 g/mol. The van der Waals surface area contributed by atoms with Crippen molar-refractivity contribution in [1.29, 1.82) is 0 Å². The summed E-state index contributed by atoms with van der Waals surface area (Å²) in [4.78, 5) is 10.5. The van der Waals surface area contributed by atoms with Crippen molar-refractivity contribution in [1.82, 2.24) is 9.62 Å². The highest BCUT2D eigenvalue weighted by molar-refractivity contribution is 7.88. The molecule has 0 aliphatic rings. The van der Waals surface area contributed by atoms with Crippen LogP contribution in [0.5, 0.6) is 0 Å².